The number of likely N-dealkylation sites (N-methyl/N-ethyl adjacent to an activating group) is 2. The van der Waals surface area contributed by atoms with Crippen LogP contribution in [0.3, 0.4) is 0 Å². The lowest BCUT2D eigenvalue weighted by Crippen LogP contribution is -2.48. The van der Waals surface area contributed by atoms with Gasteiger partial charge >= 0.3 is 6.18 Å². The number of hydrogen-bond acceptors (Lipinski definition) is 5. The van der Waals surface area contributed by atoms with E-state index >= 15 is 0 Å². The zero-order valence-electron chi connectivity index (χ0n) is 20.3. The first kappa shape index (κ1) is 28.8. The molecular formula is C25H30Cl2F4N4O. The van der Waals surface area contributed by atoms with Gasteiger partial charge in [0.2, 0.25) is 0 Å². The molecule has 3 rings (SSSR count). The van der Waals surface area contributed by atoms with Crippen molar-refractivity contribution < 1.29 is 22.4 Å². The molecule has 2 aromatic carbocycles. The summed E-state index contributed by atoms with van der Waals surface area (Å²) in [6.07, 6.45) is -4.38. The molecule has 198 valence electrons. The maximum atomic E-state index is 14.2. The summed E-state index contributed by atoms with van der Waals surface area (Å²) < 4.78 is 53.0. The number of likely N-dealkylation sites (tertiary alicyclic amines) is 1. The lowest BCUT2D eigenvalue weighted by molar-refractivity contribution is -0.140. The van der Waals surface area contributed by atoms with Crippen molar-refractivity contribution in [3.8, 4) is 0 Å². The minimum atomic E-state index is -4.75. The van der Waals surface area contributed by atoms with Crippen LogP contribution in [0.1, 0.15) is 22.6 Å². The van der Waals surface area contributed by atoms with Gasteiger partial charge in [0, 0.05) is 44.7 Å². The summed E-state index contributed by atoms with van der Waals surface area (Å²) >= 11 is 12.4. The van der Waals surface area contributed by atoms with Gasteiger partial charge in [-0.15, -0.1) is 0 Å². The van der Waals surface area contributed by atoms with Crippen molar-refractivity contribution >= 4 is 29.5 Å². The van der Waals surface area contributed by atoms with Crippen molar-refractivity contribution in [3.05, 3.63) is 69.0 Å². The average Bonchev–Trinajstić information content (AvgIpc) is 3.23. The van der Waals surface area contributed by atoms with E-state index in [0.717, 1.165) is 30.5 Å². The summed E-state index contributed by atoms with van der Waals surface area (Å²) in [5, 5.41) is 4.11. The molecule has 1 aliphatic heterocycles. The van der Waals surface area contributed by atoms with E-state index < -0.39 is 23.7 Å². The second-order valence-corrected chi connectivity index (χ2v) is 10.2. The Kier molecular flexibility index (Phi) is 9.76. The molecule has 0 radical (unpaired) electrons. The third-order valence-corrected chi connectivity index (χ3v) is 7.20. The second kappa shape index (κ2) is 12.2. The largest absolute Gasteiger partial charge is 0.419 e. The molecule has 0 saturated carbocycles. The Morgan fingerprint density at radius 1 is 1.11 bits per heavy atom. The van der Waals surface area contributed by atoms with Crippen LogP contribution < -0.4 is 5.32 Å². The Bertz CT molecular complexity index is 1050. The first-order valence-electron chi connectivity index (χ1n) is 11.5. The highest BCUT2D eigenvalue weighted by atomic mass is 35.5. The normalized spacial score (nSPS) is 19.9. The predicted molar refractivity (Wildman–Crippen MR) is 134 cm³/mol. The molecule has 36 heavy (non-hydrogen) atoms. The van der Waals surface area contributed by atoms with Gasteiger partial charge in [-0.25, -0.2) is 4.39 Å². The molecule has 0 spiro atoms. The van der Waals surface area contributed by atoms with E-state index in [9.17, 15) is 22.4 Å². The minimum absolute atomic E-state index is 0.0674. The Labute approximate surface area is 218 Å². The summed E-state index contributed by atoms with van der Waals surface area (Å²) in [4.78, 5) is 17.9. The Morgan fingerprint density at radius 2 is 1.83 bits per heavy atom. The van der Waals surface area contributed by atoms with Crippen LogP contribution in [-0.2, 0) is 17.5 Å². The fourth-order valence-corrected chi connectivity index (χ4v) is 4.86. The molecule has 3 atom stereocenters. The molecule has 1 unspecified atom stereocenters. The quantitative estimate of drug-likeness (QED) is 0.343. The number of nitrogens with zero attached hydrogens (tertiary/aromatic N) is 3. The van der Waals surface area contributed by atoms with Gasteiger partial charge in [0.05, 0.1) is 15.6 Å². The first-order valence-corrected chi connectivity index (χ1v) is 12.2. The van der Waals surface area contributed by atoms with E-state index in [-0.39, 0.29) is 18.5 Å². The van der Waals surface area contributed by atoms with Crippen molar-refractivity contribution in [3.63, 3.8) is 0 Å². The van der Waals surface area contributed by atoms with Gasteiger partial charge in [-0.3, -0.25) is 15.1 Å². The van der Waals surface area contributed by atoms with Gasteiger partial charge in [-0.05, 0) is 56.5 Å². The van der Waals surface area contributed by atoms with Crippen LogP contribution in [0.4, 0.5) is 17.6 Å². The lowest BCUT2D eigenvalue weighted by atomic mass is 9.93. The molecule has 1 aliphatic rings. The number of rotatable bonds is 10. The molecule has 2 aromatic rings. The molecule has 1 fully saturated rings. The molecule has 5 nitrogen and oxygen atoms in total. The van der Waals surface area contributed by atoms with Crippen LogP contribution in [-0.4, -0.2) is 80.5 Å². The number of halogens is 6. The highest BCUT2D eigenvalue weighted by molar-refractivity contribution is 6.42. The standard InChI is InChI=1S/C25H30Cl2F4N4O/c1-33(2)9-8-32-24(15-36)35-13-18(17-5-7-20(26)21(27)11-17)23(14-35)34(3)12-16-4-6-19(22(28)10-16)25(29,30)31/h4-7,10-11,15,18,23-24,32H,8-9,12-14H2,1-3H3/t18-,23-,24?/m1/s1. The van der Waals surface area contributed by atoms with Crippen LogP contribution in [0.2, 0.25) is 10.0 Å². The molecule has 1 N–H and O–H groups in total. The summed E-state index contributed by atoms with van der Waals surface area (Å²) in [6.45, 7) is 2.67. The summed E-state index contributed by atoms with van der Waals surface area (Å²) in [7, 11) is 5.73. The van der Waals surface area contributed by atoms with Gasteiger partial charge in [-0.2, -0.15) is 13.2 Å². The van der Waals surface area contributed by atoms with E-state index in [1.165, 1.54) is 6.07 Å². The molecule has 0 bridgehead atoms. The van der Waals surface area contributed by atoms with Gasteiger partial charge in [-0.1, -0.05) is 35.3 Å². The van der Waals surface area contributed by atoms with Crippen molar-refractivity contribution in [2.75, 3.05) is 47.3 Å². The number of benzene rings is 2. The van der Waals surface area contributed by atoms with Crippen molar-refractivity contribution in [1.82, 2.24) is 20.0 Å². The van der Waals surface area contributed by atoms with Crippen LogP contribution in [0.15, 0.2) is 36.4 Å². The topological polar surface area (TPSA) is 38.8 Å². The number of aldehydes is 1. The number of alkyl halides is 3. The van der Waals surface area contributed by atoms with Crippen LogP contribution in [0, 0.1) is 5.82 Å². The maximum Gasteiger partial charge on any atom is 0.419 e. The molecule has 11 heteroatoms. The van der Waals surface area contributed by atoms with Crippen LogP contribution in [0.25, 0.3) is 0 Å². The van der Waals surface area contributed by atoms with Gasteiger partial charge in [0.25, 0.3) is 0 Å². The Balaban J connectivity index is 1.83. The number of nitrogens with one attached hydrogen (secondary N) is 1. The first-order chi connectivity index (χ1) is 16.9. The van der Waals surface area contributed by atoms with Gasteiger partial charge in [0.15, 0.2) is 6.29 Å². The minimum Gasteiger partial charge on any atom is -0.308 e. The number of hydrogen-bond donors (Lipinski definition) is 1. The zero-order chi connectivity index (χ0) is 26.6. The monoisotopic (exact) mass is 548 g/mol. The van der Waals surface area contributed by atoms with Crippen molar-refractivity contribution in [1.29, 1.82) is 0 Å². The summed E-state index contributed by atoms with van der Waals surface area (Å²) in [5.74, 6) is -1.37. The number of carbonyl (C=O) groups is 1. The second-order valence-electron chi connectivity index (χ2n) is 9.37. The maximum absolute atomic E-state index is 14.2. The molecular weight excluding hydrogens is 519 g/mol. The Morgan fingerprint density at radius 3 is 2.42 bits per heavy atom. The fourth-order valence-electron chi connectivity index (χ4n) is 4.55. The van der Waals surface area contributed by atoms with Crippen molar-refractivity contribution in [2.45, 2.75) is 30.8 Å². The summed E-state index contributed by atoms with van der Waals surface area (Å²) in [6, 6.07) is 8.27. The van der Waals surface area contributed by atoms with Gasteiger partial charge < -0.3 is 9.69 Å². The Hall–Kier alpha value is -1.75. The van der Waals surface area contributed by atoms with Crippen molar-refractivity contribution in [2.24, 2.45) is 0 Å². The summed E-state index contributed by atoms with van der Waals surface area (Å²) in [5.41, 5.74) is 0.0675. The molecule has 0 aliphatic carbocycles. The van der Waals surface area contributed by atoms with E-state index in [2.05, 4.69) is 5.32 Å². The lowest BCUT2D eigenvalue weighted by Gasteiger charge is -2.30. The van der Waals surface area contributed by atoms with E-state index in [1.807, 2.05) is 41.9 Å². The van der Waals surface area contributed by atoms with Crippen LogP contribution in [0.5, 0.6) is 0 Å². The highest BCUT2D eigenvalue weighted by Crippen LogP contribution is 2.36. The predicted octanol–water partition coefficient (Wildman–Crippen LogP) is 4.73. The molecule has 0 amide bonds. The SMILES string of the molecule is CN(C)CCNC(C=O)N1C[C@H](c2ccc(Cl)c(Cl)c2)[C@H](N(C)Cc2ccc(C(F)(F)F)c(F)c2)C1. The molecule has 1 heterocycles. The third kappa shape index (κ3) is 7.18. The third-order valence-electron chi connectivity index (χ3n) is 6.46. The van der Waals surface area contributed by atoms with E-state index in [1.54, 1.807) is 12.1 Å². The van der Waals surface area contributed by atoms with E-state index in [0.29, 0.717) is 35.2 Å². The molecule has 1 saturated heterocycles. The smallest absolute Gasteiger partial charge is 0.308 e. The average molecular weight is 549 g/mol. The zero-order valence-corrected chi connectivity index (χ0v) is 21.8. The van der Waals surface area contributed by atoms with Crippen LogP contribution >= 0.6 is 23.2 Å². The van der Waals surface area contributed by atoms with Gasteiger partial charge in [0.1, 0.15) is 12.0 Å². The number of carbonyl (C=O) groups excluding carboxylic acids is 1. The highest BCUT2D eigenvalue weighted by Gasteiger charge is 2.39. The fraction of sp³-hybridized carbons (Fsp3) is 0.480. The van der Waals surface area contributed by atoms with E-state index in [4.69, 9.17) is 23.2 Å². The molecule has 0 aromatic heterocycles.